The predicted molar refractivity (Wildman–Crippen MR) is 121 cm³/mol. The average molecular weight is 430 g/mol. The van der Waals surface area contributed by atoms with Crippen molar-refractivity contribution in [2.45, 2.75) is 13.8 Å². The summed E-state index contributed by atoms with van der Waals surface area (Å²) in [5.41, 5.74) is 1.21. The summed E-state index contributed by atoms with van der Waals surface area (Å²) in [6.45, 7) is 4.20. The molecular formula is C23H22N6O3. The molecule has 0 radical (unpaired) electrons. The second-order valence-corrected chi connectivity index (χ2v) is 6.72. The summed E-state index contributed by atoms with van der Waals surface area (Å²) < 4.78 is 13.2. The summed E-state index contributed by atoms with van der Waals surface area (Å²) in [6, 6.07) is 15.6. The zero-order valence-corrected chi connectivity index (χ0v) is 17.6. The maximum Gasteiger partial charge on any atom is 0.323 e. The van der Waals surface area contributed by atoms with Crippen LogP contribution in [0.3, 0.4) is 0 Å². The van der Waals surface area contributed by atoms with E-state index in [1.807, 2.05) is 19.1 Å². The van der Waals surface area contributed by atoms with Crippen LogP contribution in [0.15, 0.2) is 73.3 Å². The highest BCUT2D eigenvalue weighted by molar-refractivity contribution is 6.00. The van der Waals surface area contributed by atoms with E-state index in [0.29, 0.717) is 47.0 Å². The lowest BCUT2D eigenvalue weighted by Crippen LogP contribution is -2.19. The summed E-state index contributed by atoms with van der Waals surface area (Å²) in [4.78, 5) is 25.1. The zero-order chi connectivity index (χ0) is 22.3. The monoisotopic (exact) mass is 430 g/mol. The minimum absolute atomic E-state index is 0.373. The Morgan fingerprint density at radius 1 is 1.06 bits per heavy atom. The number of ether oxygens (including phenoxy) is 2. The summed E-state index contributed by atoms with van der Waals surface area (Å²) in [6.07, 6.45) is 5.13. The molecule has 0 aliphatic rings. The molecule has 0 spiro atoms. The number of aryl methyl sites for hydroxylation is 1. The number of nitrogens with zero attached hydrogens (tertiary/aromatic N) is 4. The van der Waals surface area contributed by atoms with E-state index in [4.69, 9.17) is 9.47 Å². The van der Waals surface area contributed by atoms with Crippen LogP contribution in [0.25, 0.3) is 5.82 Å². The van der Waals surface area contributed by atoms with Crippen LogP contribution in [0, 0.1) is 6.92 Å². The molecule has 4 rings (SSSR count). The van der Waals surface area contributed by atoms with Crippen LogP contribution >= 0.6 is 0 Å². The fraction of sp³-hybridized carbons (Fsp3) is 0.130. The molecular weight excluding hydrogens is 408 g/mol. The van der Waals surface area contributed by atoms with E-state index in [0.717, 1.165) is 0 Å². The van der Waals surface area contributed by atoms with Gasteiger partial charge in [-0.25, -0.2) is 14.8 Å². The van der Waals surface area contributed by atoms with Gasteiger partial charge in [-0.05, 0) is 50.2 Å². The van der Waals surface area contributed by atoms with Gasteiger partial charge in [-0.15, -0.1) is 0 Å². The molecule has 0 aliphatic carbocycles. The van der Waals surface area contributed by atoms with Crippen molar-refractivity contribution in [2.75, 3.05) is 17.2 Å². The number of hydrogen-bond acceptors (Lipinski definition) is 6. The molecule has 0 saturated heterocycles. The number of imidazole rings is 1. The van der Waals surface area contributed by atoms with E-state index >= 15 is 0 Å². The van der Waals surface area contributed by atoms with Gasteiger partial charge in [-0.1, -0.05) is 12.1 Å². The number of carbonyl (C=O) groups is 1. The average Bonchev–Trinajstić information content (AvgIpc) is 3.31. The first-order valence-electron chi connectivity index (χ1n) is 10.0. The number of anilines is 2. The molecule has 2 aromatic carbocycles. The van der Waals surface area contributed by atoms with Crippen molar-refractivity contribution in [1.82, 2.24) is 19.5 Å². The van der Waals surface area contributed by atoms with Crippen LogP contribution in [0.2, 0.25) is 0 Å². The van der Waals surface area contributed by atoms with Crippen LogP contribution in [0.1, 0.15) is 12.7 Å². The number of rotatable bonds is 7. The van der Waals surface area contributed by atoms with Gasteiger partial charge in [-0.2, -0.15) is 4.98 Å². The van der Waals surface area contributed by atoms with Crippen molar-refractivity contribution in [3.05, 3.63) is 79.1 Å². The first kappa shape index (κ1) is 20.9. The van der Waals surface area contributed by atoms with Gasteiger partial charge < -0.3 is 20.1 Å². The Morgan fingerprint density at radius 2 is 1.88 bits per heavy atom. The summed E-state index contributed by atoms with van der Waals surface area (Å²) in [5.74, 6) is 2.84. The van der Waals surface area contributed by atoms with Crippen LogP contribution < -0.4 is 20.1 Å². The normalized spacial score (nSPS) is 10.4. The molecule has 2 amide bonds. The second kappa shape index (κ2) is 9.61. The molecule has 9 nitrogen and oxygen atoms in total. The van der Waals surface area contributed by atoms with Gasteiger partial charge in [0.15, 0.2) is 0 Å². The Morgan fingerprint density at radius 3 is 2.62 bits per heavy atom. The highest BCUT2D eigenvalue weighted by Crippen LogP contribution is 2.25. The van der Waals surface area contributed by atoms with E-state index in [1.165, 1.54) is 0 Å². The zero-order valence-electron chi connectivity index (χ0n) is 17.6. The number of hydrogen-bond donors (Lipinski definition) is 2. The lowest BCUT2D eigenvalue weighted by atomic mass is 10.3. The molecule has 2 heterocycles. The number of benzene rings is 2. The Bertz CT molecular complexity index is 1190. The largest absolute Gasteiger partial charge is 0.492 e. The highest BCUT2D eigenvalue weighted by Gasteiger charge is 2.09. The van der Waals surface area contributed by atoms with E-state index < -0.39 is 0 Å². The van der Waals surface area contributed by atoms with Crippen LogP contribution in [-0.2, 0) is 0 Å². The maximum absolute atomic E-state index is 12.4. The standard InChI is InChI=1S/C23H22N6O3/c1-3-31-20-7-5-4-6-19(20)28-23(30)27-17-8-10-18(11-9-17)32-22-14-21(25-16(2)26-22)29-13-12-24-15-29/h4-15H,3H2,1-2H3,(H2,27,28,30). The first-order chi connectivity index (χ1) is 15.6. The SMILES string of the molecule is CCOc1ccccc1NC(=O)Nc1ccc(Oc2cc(-n3ccnc3)nc(C)n2)cc1. The smallest absolute Gasteiger partial charge is 0.323 e. The number of carbonyl (C=O) groups excluding carboxylic acids is 1. The van der Waals surface area contributed by atoms with Gasteiger partial charge >= 0.3 is 6.03 Å². The summed E-state index contributed by atoms with van der Waals surface area (Å²) in [5, 5.41) is 5.58. The van der Waals surface area contributed by atoms with Gasteiger partial charge in [0, 0.05) is 24.1 Å². The molecule has 9 heteroatoms. The molecule has 0 atom stereocenters. The van der Waals surface area contributed by atoms with Crippen LogP contribution in [-0.4, -0.2) is 32.2 Å². The molecule has 0 aliphatic heterocycles. The Hall–Kier alpha value is -4.40. The Balaban J connectivity index is 1.40. The van der Waals surface area contributed by atoms with E-state index in [-0.39, 0.29) is 6.03 Å². The van der Waals surface area contributed by atoms with E-state index in [2.05, 4.69) is 25.6 Å². The molecule has 2 aromatic heterocycles. The van der Waals surface area contributed by atoms with Gasteiger partial charge in [0.2, 0.25) is 5.88 Å². The van der Waals surface area contributed by atoms with Crippen LogP contribution in [0.5, 0.6) is 17.4 Å². The summed E-state index contributed by atoms with van der Waals surface area (Å²) >= 11 is 0. The first-order valence-corrected chi connectivity index (χ1v) is 10.0. The molecule has 0 unspecified atom stereocenters. The second-order valence-electron chi connectivity index (χ2n) is 6.72. The molecule has 162 valence electrons. The van der Waals surface area contributed by atoms with Crippen molar-refractivity contribution in [3.63, 3.8) is 0 Å². The van der Waals surface area contributed by atoms with Crippen molar-refractivity contribution in [2.24, 2.45) is 0 Å². The Kier molecular flexibility index (Phi) is 6.26. The number of nitrogens with one attached hydrogen (secondary N) is 2. The third kappa shape index (κ3) is 5.20. The van der Waals surface area contributed by atoms with Gasteiger partial charge in [0.05, 0.1) is 12.3 Å². The third-order valence-corrected chi connectivity index (χ3v) is 4.34. The fourth-order valence-corrected chi connectivity index (χ4v) is 2.97. The Labute approximate surface area is 185 Å². The summed E-state index contributed by atoms with van der Waals surface area (Å²) in [7, 11) is 0. The third-order valence-electron chi connectivity index (χ3n) is 4.34. The van der Waals surface area contributed by atoms with Gasteiger partial charge in [0.25, 0.3) is 0 Å². The minimum atomic E-state index is -0.373. The van der Waals surface area contributed by atoms with Crippen molar-refractivity contribution >= 4 is 17.4 Å². The number of urea groups is 1. The minimum Gasteiger partial charge on any atom is -0.492 e. The number of para-hydroxylation sites is 2. The number of amides is 2. The predicted octanol–water partition coefficient (Wildman–Crippen LogP) is 4.81. The number of aromatic nitrogens is 4. The van der Waals surface area contributed by atoms with Crippen LogP contribution in [0.4, 0.5) is 16.2 Å². The topological polar surface area (TPSA) is 103 Å². The fourth-order valence-electron chi connectivity index (χ4n) is 2.97. The molecule has 0 fully saturated rings. The van der Waals surface area contributed by atoms with E-state index in [9.17, 15) is 4.79 Å². The van der Waals surface area contributed by atoms with Gasteiger partial charge in [0.1, 0.15) is 29.5 Å². The van der Waals surface area contributed by atoms with Crippen molar-refractivity contribution in [3.8, 4) is 23.2 Å². The lowest BCUT2D eigenvalue weighted by molar-refractivity contribution is 0.262. The maximum atomic E-state index is 12.4. The van der Waals surface area contributed by atoms with Gasteiger partial charge in [-0.3, -0.25) is 4.57 Å². The lowest BCUT2D eigenvalue weighted by Gasteiger charge is -2.12. The molecule has 0 saturated carbocycles. The molecule has 32 heavy (non-hydrogen) atoms. The molecule has 0 bridgehead atoms. The highest BCUT2D eigenvalue weighted by atomic mass is 16.5. The van der Waals surface area contributed by atoms with E-state index in [1.54, 1.807) is 72.7 Å². The van der Waals surface area contributed by atoms with Crippen molar-refractivity contribution in [1.29, 1.82) is 0 Å². The molecule has 2 N–H and O–H groups in total. The van der Waals surface area contributed by atoms with Crippen molar-refractivity contribution < 1.29 is 14.3 Å². The quantitative estimate of drug-likeness (QED) is 0.436. The molecule has 4 aromatic rings.